The van der Waals surface area contributed by atoms with Crippen LogP contribution in [0.2, 0.25) is 0 Å². The van der Waals surface area contributed by atoms with Gasteiger partial charge in [0.15, 0.2) is 6.54 Å². The lowest BCUT2D eigenvalue weighted by atomic mass is 10.3. The molecular formula is C18H22F2N4OS+2. The number of thioether (sulfide) groups is 1. The minimum atomic E-state index is -2.44. The lowest BCUT2D eigenvalue weighted by Gasteiger charge is -2.27. The number of halogens is 2. The van der Waals surface area contributed by atoms with E-state index >= 15 is 0 Å². The molecule has 138 valence electrons. The molecule has 0 bridgehead atoms. The first-order valence-electron chi connectivity index (χ1n) is 8.50. The number of nitrogens with one attached hydrogen (secondary N) is 3. The Kier molecular flexibility index (Phi) is 6.40. The van der Waals surface area contributed by atoms with Gasteiger partial charge in [-0.25, -0.2) is 4.98 Å². The molecule has 3 N–H and O–H groups in total. The Morgan fingerprint density at radius 1 is 1.19 bits per heavy atom. The van der Waals surface area contributed by atoms with Crippen LogP contribution in [-0.4, -0.2) is 44.4 Å². The summed E-state index contributed by atoms with van der Waals surface area (Å²) in [6.07, 6.45) is 1.91. The SMILES string of the molecule is O=C(C[NH+]1CCN(c2cccc[nH+]2)CC1)Nc1ccc(SC(F)F)cc1. The molecule has 0 saturated carbocycles. The van der Waals surface area contributed by atoms with E-state index in [-0.39, 0.29) is 5.91 Å². The first-order valence-corrected chi connectivity index (χ1v) is 9.38. The third-order valence-corrected chi connectivity index (χ3v) is 5.00. The van der Waals surface area contributed by atoms with E-state index in [1.807, 2.05) is 24.4 Å². The molecule has 8 heteroatoms. The van der Waals surface area contributed by atoms with E-state index in [2.05, 4.69) is 15.2 Å². The van der Waals surface area contributed by atoms with Crippen LogP contribution >= 0.6 is 11.8 Å². The van der Waals surface area contributed by atoms with E-state index in [0.29, 0.717) is 28.9 Å². The molecule has 0 unspecified atom stereocenters. The van der Waals surface area contributed by atoms with Gasteiger partial charge in [-0.1, -0.05) is 17.8 Å². The fraction of sp³-hybridized carbons (Fsp3) is 0.333. The van der Waals surface area contributed by atoms with E-state index in [9.17, 15) is 13.6 Å². The number of benzene rings is 1. The molecule has 1 fully saturated rings. The van der Waals surface area contributed by atoms with Crippen LogP contribution in [0.1, 0.15) is 0 Å². The molecule has 0 aliphatic carbocycles. The maximum Gasteiger partial charge on any atom is 0.288 e. The number of carbonyl (C=O) groups is 1. The second-order valence-electron chi connectivity index (χ2n) is 6.11. The molecule has 0 radical (unpaired) electrons. The van der Waals surface area contributed by atoms with Gasteiger partial charge in [0.1, 0.15) is 26.2 Å². The van der Waals surface area contributed by atoms with Gasteiger partial charge in [-0.3, -0.25) is 9.69 Å². The number of carbonyl (C=O) groups excluding carboxylic acids is 1. The van der Waals surface area contributed by atoms with Crippen LogP contribution in [0, 0.1) is 0 Å². The van der Waals surface area contributed by atoms with Gasteiger partial charge in [-0.2, -0.15) is 8.78 Å². The quantitative estimate of drug-likeness (QED) is 0.740. The van der Waals surface area contributed by atoms with Gasteiger partial charge in [-0.05, 0) is 30.3 Å². The maximum absolute atomic E-state index is 12.3. The number of hydrogen-bond acceptors (Lipinski definition) is 3. The van der Waals surface area contributed by atoms with Crippen molar-refractivity contribution in [3.63, 3.8) is 0 Å². The Balaban J connectivity index is 1.44. The normalized spacial score (nSPS) is 15.3. The predicted molar refractivity (Wildman–Crippen MR) is 97.7 cm³/mol. The Morgan fingerprint density at radius 2 is 1.92 bits per heavy atom. The van der Waals surface area contributed by atoms with Gasteiger partial charge >= 0.3 is 0 Å². The predicted octanol–water partition coefficient (Wildman–Crippen LogP) is 1.16. The zero-order valence-corrected chi connectivity index (χ0v) is 15.1. The van der Waals surface area contributed by atoms with Crippen LogP contribution in [0.15, 0.2) is 53.6 Å². The second-order valence-corrected chi connectivity index (χ2v) is 7.18. The highest BCUT2D eigenvalue weighted by atomic mass is 32.2. The first kappa shape index (κ1) is 18.6. The molecule has 1 aromatic heterocycles. The molecule has 3 rings (SSSR count). The highest BCUT2D eigenvalue weighted by molar-refractivity contribution is 7.99. The molecule has 1 aliphatic rings. The maximum atomic E-state index is 12.3. The number of amides is 1. The number of piperazine rings is 1. The van der Waals surface area contributed by atoms with Gasteiger partial charge < -0.3 is 10.2 Å². The summed E-state index contributed by atoms with van der Waals surface area (Å²) < 4.78 is 24.6. The lowest BCUT2D eigenvalue weighted by Crippen LogP contribution is -3.15. The largest absolute Gasteiger partial charge is 0.321 e. The lowest BCUT2D eigenvalue weighted by molar-refractivity contribution is -0.892. The molecule has 1 aliphatic heterocycles. The summed E-state index contributed by atoms with van der Waals surface area (Å²) in [5.41, 5.74) is 0.630. The van der Waals surface area contributed by atoms with Gasteiger partial charge in [0.25, 0.3) is 17.5 Å². The number of hydrogen-bond donors (Lipinski definition) is 2. The van der Waals surface area contributed by atoms with Gasteiger partial charge in [0.05, 0.1) is 6.20 Å². The van der Waals surface area contributed by atoms with Crippen molar-refractivity contribution in [3.05, 3.63) is 48.7 Å². The Bertz CT molecular complexity index is 707. The van der Waals surface area contributed by atoms with E-state index < -0.39 is 5.76 Å². The van der Waals surface area contributed by atoms with E-state index in [1.54, 1.807) is 24.3 Å². The van der Waals surface area contributed by atoms with Crippen molar-refractivity contribution in [2.24, 2.45) is 0 Å². The summed E-state index contributed by atoms with van der Waals surface area (Å²) in [6, 6.07) is 12.5. The number of anilines is 2. The number of pyridine rings is 1. The van der Waals surface area contributed by atoms with Gasteiger partial charge in [0.2, 0.25) is 0 Å². The monoisotopic (exact) mass is 380 g/mol. The van der Waals surface area contributed by atoms with Crippen LogP contribution in [0.5, 0.6) is 0 Å². The molecule has 0 spiro atoms. The molecule has 2 aromatic rings. The fourth-order valence-electron chi connectivity index (χ4n) is 2.97. The average Bonchev–Trinajstić information content (AvgIpc) is 2.64. The Morgan fingerprint density at radius 3 is 2.54 bits per heavy atom. The number of aromatic amines is 1. The summed E-state index contributed by atoms with van der Waals surface area (Å²) in [5, 5.41) is 2.84. The zero-order valence-electron chi connectivity index (χ0n) is 14.3. The first-order chi connectivity index (χ1) is 12.6. The van der Waals surface area contributed by atoms with Crippen molar-refractivity contribution >= 4 is 29.2 Å². The third kappa shape index (κ3) is 5.40. The molecule has 1 aromatic carbocycles. The van der Waals surface area contributed by atoms with Crippen molar-refractivity contribution in [2.75, 3.05) is 42.9 Å². The molecule has 0 atom stereocenters. The van der Waals surface area contributed by atoms with Crippen LogP contribution in [0.25, 0.3) is 0 Å². The van der Waals surface area contributed by atoms with Gasteiger partial charge in [0, 0.05) is 16.6 Å². The standard InChI is InChI=1S/C18H20F2N4OS/c19-18(20)26-15-6-4-14(5-7-15)22-17(25)13-23-9-11-24(12-10-23)16-3-1-2-8-21-16/h1-8,18H,9-13H2,(H,22,25)/p+2. The molecular weight excluding hydrogens is 358 g/mol. The number of nitrogens with zero attached hydrogens (tertiary/aromatic N) is 1. The van der Waals surface area contributed by atoms with Crippen molar-refractivity contribution in [2.45, 2.75) is 10.7 Å². The van der Waals surface area contributed by atoms with Crippen LogP contribution < -0.4 is 20.1 Å². The van der Waals surface area contributed by atoms with Crippen molar-refractivity contribution in [1.82, 2.24) is 0 Å². The highest BCUT2D eigenvalue weighted by Gasteiger charge is 2.27. The number of alkyl halides is 2. The Hall–Kier alpha value is -2.19. The van der Waals surface area contributed by atoms with Gasteiger partial charge in [-0.15, -0.1) is 0 Å². The van der Waals surface area contributed by atoms with Crippen LogP contribution in [-0.2, 0) is 4.79 Å². The molecule has 2 heterocycles. The second kappa shape index (κ2) is 8.95. The third-order valence-electron chi connectivity index (χ3n) is 4.28. The number of rotatable bonds is 6. The highest BCUT2D eigenvalue weighted by Crippen LogP contribution is 2.26. The van der Waals surface area contributed by atoms with Crippen LogP contribution in [0.3, 0.4) is 0 Å². The number of quaternary nitrogens is 1. The van der Waals surface area contributed by atoms with E-state index in [4.69, 9.17) is 0 Å². The molecule has 26 heavy (non-hydrogen) atoms. The summed E-state index contributed by atoms with van der Waals surface area (Å²) >= 11 is 0.495. The topological polar surface area (TPSA) is 50.9 Å². The van der Waals surface area contributed by atoms with E-state index in [0.717, 1.165) is 32.0 Å². The molecule has 1 saturated heterocycles. The summed E-state index contributed by atoms with van der Waals surface area (Å²) in [6.45, 7) is 3.96. The Labute approximate surface area is 155 Å². The van der Waals surface area contributed by atoms with Crippen molar-refractivity contribution in [1.29, 1.82) is 0 Å². The zero-order chi connectivity index (χ0) is 18.4. The summed E-state index contributed by atoms with van der Waals surface area (Å²) in [4.78, 5) is 19.4. The van der Waals surface area contributed by atoms with Crippen LogP contribution in [0.4, 0.5) is 20.3 Å². The van der Waals surface area contributed by atoms with Crippen molar-refractivity contribution in [3.8, 4) is 0 Å². The average molecular weight is 380 g/mol. The summed E-state index contributed by atoms with van der Waals surface area (Å²) in [7, 11) is 0. The fourth-order valence-corrected chi connectivity index (χ4v) is 3.47. The molecule has 5 nitrogen and oxygen atoms in total. The minimum absolute atomic E-state index is 0.0611. The number of H-pyrrole nitrogens is 1. The molecule has 1 amide bonds. The van der Waals surface area contributed by atoms with Crippen molar-refractivity contribution < 1.29 is 23.5 Å². The smallest absolute Gasteiger partial charge is 0.288 e. The summed E-state index contributed by atoms with van der Waals surface area (Å²) in [5.74, 6) is -1.40. The minimum Gasteiger partial charge on any atom is -0.321 e. The number of aromatic nitrogens is 1. The van der Waals surface area contributed by atoms with E-state index in [1.165, 1.54) is 4.90 Å².